The summed E-state index contributed by atoms with van der Waals surface area (Å²) in [5, 5.41) is 1.95. The van der Waals surface area contributed by atoms with Gasteiger partial charge < -0.3 is 15.2 Å². The number of hydrogen-bond donors (Lipinski definition) is 1. The molecule has 0 atom stereocenters. The van der Waals surface area contributed by atoms with E-state index in [0.717, 1.165) is 41.0 Å². The number of fused-ring (bicyclic) bond motifs is 1. The van der Waals surface area contributed by atoms with Crippen LogP contribution < -0.4 is 15.2 Å². The van der Waals surface area contributed by atoms with Crippen LogP contribution in [0.3, 0.4) is 0 Å². The first kappa shape index (κ1) is 19.4. The van der Waals surface area contributed by atoms with Crippen LogP contribution in [0.4, 0.5) is 5.69 Å². The van der Waals surface area contributed by atoms with Gasteiger partial charge in [-0.25, -0.2) is 0 Å². The number of unbranched alkanes of at least 4 members (excludes halogenated alkanes) is 5. The van der Waals surface area contributed by atoms with Crippen molar-refractivity contribution in [3.8, 4) is 11.5 Å². The molecule has 0 aliphatic rings. The fraction of sp³-hybridized carbons (Fsp3) is 0.474. The first-order valence-electron chi connectivity index (χ1n) is 8.26. The predicted octanol–water partition coefficient (Wildman–Crippen LogP) is 5.59. The predicted molar refractivity (Wildman–Crippen MR) is 101 cm³/mol. The van der Waals surface area contributed by atoms with E-state index in [0.29, 0.717) is 0 Å². The van der Waals surface area contributed by atoms with Crippen LogP contribution in [0.25, 0.3) is 10.8 Å². The summed E-state index contributed by atoms with van der Waals surface area (Å²) in [7, 11) is 1.66. The molecule has 23 heavy (non-hydrogen) atoms. The first-order valence-corrected chi connectivity index (χ1v) is 8.26. The van der Waals surface area contributed by atoms with Crippen LogP contribution in [0.15, 0.2) is 30.3 Å². The first-order chi connectivity index (χ1) is 10.8. The number of ether oxygens (including phenoxy) is 2. The van der Waals surface area contributed by atoms with E-state index in [9.17, 15) is 0 Å². The van der Waals surface area contributed by atoms with Gasteiger partial charge in [0.1, 0.15) is 11.5 Å². The number of hydrogen-bond acceptors (Lipinski definition) is 3. The van der Waals surface area contributed by atoms with Crippen LogP contribution in [-0.2, 0) is 0 Å². The normalized spacial score (nSPS) is 10.3. The number of methoxy groups -OCH3 is 1. The molecule has 0 fully saturated rings. The van der Waals surface area contributed by atoms with Gasteiger partial charge in [0.25, 0.3) is 0 Å². The van der Waals surface area contributed by atoms with Crippen molar-refractivity contribution in [1.82, 2.24) is 0 Å². The van der Waals surface area contributed by atoms with E-state index in [-0.39, 0.29) is 12.4 Å². The average Bonchev–Trinajstić information content (AvgIpc) is 2.55. The molecule has 2 aromatic rings. The summed E-state index contributed by atoms with van der Waals surface area (Å²) < 4.78 is 11.4. The molecule has 0 aromatic heterocycles. The number of halogens is 1. The molecule has 0 aliphatic carbocycles. The second-order valence-electron chi connectivity index (χ2n) is 5.65. The lowest BCUT2D eigenvalue weighted by Gasteiger charge is -2.13. The highest BCUT2D eigenvalue weighted by molar-refractivity contribution is 6.01. The van der Waals surface area contributed by atoms with E-state index in [1.165, 1.54) is 32.1 Å². The van der Waals surface area contributed by atoms with Gasteiger partial charge in [-0.3, -0.25) is 0 Å². The van der Waals surface area contributed by atoms with Crippen LogP contribution in [0.5, 0.6) is 11.5 Å². The van der Waals surface area contributed by atoms with Gasteiger partial charge in [-0.2, -0.15) is 0 Å². The zero-order chi connectivity index (χ0) is 15.8. The fourth-order valence-corrected chi connectivity index (χ4v) is 2.73. The monoisotopic (exact) mass is 337 g/mol. The molecule has 0 aliphatic heterocycles. The zero-order valence-corrected chi connectivity index (χ0v) is 15.0. The Bertz CT molecular complexity index is 601. The quantitative estimate of drug-likeness (QED) is 0.479. The van der Waals surface area contributed by atoms with Gasteiger partial charge in [0.05, 0.1) is 19.1 Å². The van der Waals surface area contributed by atoms with E-state index in [4.69, 9.17) is 15.2 Å². The standard InChI is InChI=1S/C19H27NO2.ClH/c1-3-4-5-6-7-8-14-22-17-13-12-16(20)19-15(17)10-9-11-18(19)21-2;/h9-13H,3-8,14,20H2,1-2H3;1H. The molecule has 0 saturated heterocycles. The maximum atomic E-state index is 6.09. The lowest BCUT2D eigenvalue weighted by molar-refractivity contribution is 0.307. The summed E-state index contributed by atoms with van der Waals surface area (Å²) in [6.07, 6.45) is 7.58. The molecule has 0 bridgehead atoms. The molecule has 2 rings (SSSR count). The lowest BCUT2D eigenvalue weighted by atomic mass is 10.1. The topological polar surface area (TPSA) is 44.5 Å². The number of anilines is 1. The minimum absolute atomic E-state index is 0. The van der Waals surface area contributed by atoms with Gasteiger partial charge in [-0.15, -0.1) is 12.4 Å². The number of benzene rings is 2. The minimum atomic E-state index is 0. The highest BCUT2D eigenvalue weighted by Crippen LogP contribution is 2.36. The summed E-state index contributed by atoms with van der Waals surface area (Å²) in [4.78, 5) is 0. The van der Waals surface area contributed by atoms with Crippen LogP contribution in [-0.4, -0.2) is 13.7 Å². The third kappa shape index (κ3) is 5.21. The minimum Gasteiger partial charge on any atom is -0.496 e. The molecular weight excluding hydrogens is 310 g/mol. The fourth-order valence-electron chi connectivity index (χ4n) is 2.73. The molecule has 0 radical (unpaired) electrons. The molecule has 3 nitrogen and oxygen atoms in total. The summed E-state index contributed by atoms with van der Waals surface area (Å²) in [5.41, 5.74) is 6.81. The van der Waals surface area contributed by atoms with Gasteiger partial charge in [-0.05, 0) is 24.6 Å². The largest absolute Gasteiger partial charge is 0.496 e. The van der Waals surface area contributed by atoms with Crippen molar-refractivity contribution in [1.29, 1.82) is 0 Å². The van der Waals surface area contributed by atoms with Crippen LogP contribution in [0.1, 0.15) is 45.4 Å². The maximum absolute atomic E-state index is 6.09. The molecule has 0 spiro atoms. The highest BCUT2D eigenvalue weighted by Gasteiger charge is 2.09. The van der Waals surface area contributed by atoms with Gasteiger partial charge in [0.15, 0.2) is 0 Å². The van der Waals surface area contributed by atoms with Crippen molar-refractivity contribution >= 4 is 28.9 Å². The molecule has 0 heterocycles. The third-order valence-electron chi connectivity index (χ3n) is 3.97. The Hall–Kier alpha value is -1.61. The highest BCUT2D eigenvalue weighted by atomic mass is 35.5. The Morgan fingerprint density at radius 2 is 1.65 bits per heavy atom. The van der Waals surface area contributed by atoms with Gasteiger partial charge >= 0.3 is 0 Å². The lowest BCUT2D eigenvalue weighted by Crippen LogP contribution is -1.99. The smallest absolute Gasteiger partial charge is 0.128 e. The molecule has 128 valence electrons. The maximum Gasteiger partial charge on any atom is 0.128 e. The number of nitrogen functional groups attached to an aromatic ring is 1. The molecule has 4 heteroatoms. The van der Waals surface area contributed by atoms with Gasteiger partial charge in [-0.1, -0.05) is 51.2 Å². The second kappa shape index (κ2) is 10.2. The van der Waals surface area contributed by atoms with E-state index < -0.39 is 0 Å². The van der Waals surface area contributed by atoms with E-state index in [2.05, 4.69) is 6.92 Å². The molecule has 0 amide bonds. The number of nitrogens with two attached hydrogens (primary N) is 1. The van der Waals surface area contributed by atoms with Gasteiger partial charge in [0.2, 0.25) is 0 Å². The van der Waals surface area contributed by atoms with Crippen LogP contribution in [0, 0.1) is 0 Å². The summed E-state index contributed by atoms with van der Waals surface area (Å²) in [5.74, 6) is 1.68. The van der Waals surface area contributed by atoms with Crippen LogP contribution in [0.2, 0.25) is 0 Å². The Balaban J connectivity index is 0.00000264. The Kier molecular flexibility index (Phi) is 8.64. The summed E-state index contributed by atoms with van der Waals surface area (Å²) in [6, 6.07) is 9.77. The molecule has 2 aromatic carbocycles. The van der Waals surface area contributed by atoms with Crippen LogP contribution >= 0.6 is 12.4 Å². The van der Waals surface area contributed by atoms with Crippen molar-refractivity contribution in [2.45, 2.75) is 45.4 Å². The van der Waals surface area contributed by atoms with E-state index >= 15 is 0 Å². The second-order valence-corrected chi connectivity index (χ2v) is 5.65. The van der Waals surface area contributed by atoms with E-state index in [1.807, 2.05) is 30.3 Å². The Labute approximate surface area is 145 Å². The molecule has 0 unspecified atom stereocenters. The van der Waals surface area contributed by atoms with Crippen molar-refractivity contribution < 1.29 is 9.47 Å². The zero-order valence-electron chi connectivity index (χ0n) is 14.1. The molecule has 2 N–H and O–H groups in total. The number of rotatable bonds is 9. The Morgan fingerprint density at radius 3 is 2.39 bits per heavy atom. The van der Waals surface area contributed by atoms with Crippen molar-refractivity contribution in [2.75, 3.05) is 19.5 Å². The summed E-state index contributed by atoms with van der Waals surface area (Å²) >= 11 is 0. The Morgan fingerprint density at radius 1 is 0.913 bits per heavy atom. The van der Waals surface area contributed by atoms with Crippen molar-refractivity contribution in [3.05, 3.63) is 30.3 Å². The molecule has 0 saturated carbocycles. The third-order valence-corrected chi connectivity index (χ3v) is 3.97. The van der Waals surface area contributed by atoms with Crippen molar-refractivity contribution in [2.24, 2.45) is 0 Å². The van der Waals surface area contributed by atoms with Crippen molar-refractivity contribution in [3.63, 3.8) is 0 Å². The molecular formula is C19H28ClNO2. The summed E-state index contributed by atoms with van der Waals surface area (Å²) in [6.45, 7) is 2.99. The van der Waals surface area contributed by atoms with Gasteiger partial charge in [0, 0.05) is 11.1 Å². The SMILES string of the molecule is CCCCCCCCOc1ccc(N)c2c(OC)cccc12.Cl. The average molecular weight is 338 g/mol. The van der Waals surface area contributed by atoms with E-state index in [1.54, 1.807) is 7.11 Å².